The predicted octanol–water partition coefficient (Wildman–Crippen LogP) is 3.41. The number of hydrogen-bond acceptors (Lipinski definition) is 3. The Labute approximate surface area is 119 Å². The highest BCUT2D eigenvalue weighted by molar-refractivity contribution is 5.85. The minimum atomic E-state index is 0. The van der Waals surface area contributed by atoms with Crippen LogP contribution in [-0.2, 0) is 6.42 Å². The average Bonchev–Trinajstić information content (AvgIpc) is 2.42. The Morgan fingerprint density at radius 2 is 1.32 bits per heavy atom. The van der Waals surface area contributed by atoms with Crippen LogP contribution >= 0.6 is 12.4 Å². The van der Waals surface area contributed by atoms with E-state index in [-0.39, 0.29) is 12.4 Å². The Morgan fingerprint density at radius 3 is 1.79 bits per heavy atom. The minimum absolute atomic E-state index is 0. The topological polar surface area (TPSA) is 44.5 Å². The van der Waals surface area contributed by atoms with Crippen molar-refractivity contribution < 1.29 is 9.47 Å². The van der Waals surface area contributed by atoms with Crippen molar-refractivity contribution in [2.45, 2.75) is 6.42 Å². The van der Waals surface area contributed by atoms with E-state index in [4.69, 9.17) is 15.2 Å². The Hall–Kier alpha value is -1.71. The summed E-state index contributed by atoms with van der Waals surface area (Å²) in [6.45, 7) is 0.665. The van der Waals surface area contributed by atoms with Crippen molar-refractivity contribution in [3.63, 3.8) is 0 Å². The van der Waals surface area contributed by atoms with Crippen molar-refractivity contribution in [3.05, 3.63) is 54.1 Å². The molecule has 0 heterocycles. The van der Waals surface area contributed by atoms with Gasteiger partial charge in [-0.1, -0.05) is 12.1 Å². The van der Waals surface area contributed by atoms with E-state index >= 15 is 0 Å². The molecule has 2 aromatic rings. The van der Waals surface area contributed by atoms with Crippen LogP contribution in [-0.4, -0.2) is 13.7 Å². The van der Waals surface area contributed by atoms with Gasteiger partial charge in [-0.2, -0.15) is 0 Å². The standard InChI is InChI=1S/C15H17NO2.ClH/c1-17-13-6-8-15(9-7-13)18-14-4-2-12(3-5-14)10-11-16;/h2-9H,10-11,16H2,1H3;1H. The van der Waals surface area contributed by atoms with Crippen molar-refractivity contribution in [2.24, 2.45) is 5.73 Å². The molecule has 0 aliphatic carbocycles. The molecule has 0 aliphatic rings. The summed E-state index contributed by atoms with van der Waals surface area (Å²) in [6, 6.07) is 15.5. The van der Waals surface area contributed by atoms with Crippen molar-refractivity contribution in [2.75, 3.05) is 13.7 Å². The zero-order chi connectivity index (χ0) is 12.8. The van der Waals surface area contributed by atoms with Crippen LogP contribution in [0, 0.1) is 0 Å². The molecule has 0 aliphatic heterocycles. The Balaban J connectivity index is 0.00000180. The molecule has 3 nitrogen and oxygen atoms in total. The second-order valence-corrected chi connectivity index (χ2v) is 3.96. The molecule has 0 radical (unpaired) electrons. The minimum Gasteiger partial charge on any atom is -0.497 e. The zero-order valence-electron chi connectivity index (χ0n) is 10.8. The van der Waals surface area contributed by atoms with Crippen LogP contribution in [0.3, 0.4) is 0 Å². The van der Waals surface area contributed by atoms with Gasteiger partial charge in [-0.3, -0.25) is 0 Å². The second-order valence-electron chi connectivity index (χ2n) is 3.96. The van der Waals surface area contributed by atoms with Gasteiger partial charge in [0, 0.05) is 0 Å². The van der Waals surface area contributed by atoms with Crippen LogP contribution < -0.4 is 15.2 Å². The maximum absolute atomic E-state index is 5.72. The monoisotopic (exact) mass is 279 g/mol. The third-order valence-electron chi connectivity index (χ3n) is 2.65. The first-order valence-electron chi connectivity index (χ1n) is 5.93. The Bertz CT molecular complexity index is 483. The number of benzene rings is 2. The van der Waals surface area contributed by atoms with E-state index < -0.39 is 0 Å². The van der Waals surface area contributed by atoms with Gasteiger partial charge < -0.3 is 15.2 Å². The molecule has 2 rings (SSSR count). The Morgan fingerprint density at radius 1 is 0.842 bits per heavy atom. The Kier molecular flexibility index (Phi) is 6.19. The van der Waals surface area contributed by atoms with Gasteiger partial charge in [0.15, 0.2) is 0 Å². The first-order valence-corrected chi connectivity index (χ1v) is 5.93. The molecule has 2 aromatic carbocycles. The largest absolute Gasteiger partial charge is 0.497 e. The van der Waals surface area contributed by atoms with Gasteiger partial charge in [-0.05, 0) is 54.9 Å². The highest BCUT2D eigenvalue weighted by Gasteiger charge is 1.98. The average molecular weight is 280 g/mol. The molecule has 0 amide bonds. The lowest BCUT2D eigenvalue weighted by atomic mass is 10.1. The number of nitrogens with two attached hydrogens (primary N) is 1. The second kappa shape index (κ2) is 7.67. The van der Waals surface area contributed by atoms with E-state index in [1.165, 1.54) is 5.56 Å². The van der Waals surface area contributed by atoms with Crippen LogP contribution in [0.4, 0.5) is 0 Å². The predicted molar refractivity (Wildman–Crippen MR) is 79.5 cm³/mol. The van der Waals surface area contributed by atoms with Crippen LogP contribution in [0.2, 0.25) is 0 Å². The summed E-state index contributed by atoms with van der Waals surface area (Å²) in [7, 11) is 1.64. The number of ether oxygens (including phenoxy) is 2. The van der Waals surface area contributed by atoms with Gasteiger partial charge >= 0.3 is 0 Å². The van der Waals surface area contributed by atoms with Gasteiger partial charge in [0.05, 0.1) is 7.11 Å². The molecule has 0 saturated heterocycles. The summed E-state index contributed by atoms with van der Waals surface area (Å²) in [4.78, 5) is 0. The quantitative estimate of drug-likeness (QED) is 0.912. The molecule has 2 N–H and O–H groups in total. The highest BCUT2D eigenvalue weighted by Crippen LogP contribution is 2.23. The maximum atomic E-state index is 5.72. The van der Waals surface area contributed by atoms with Gasteiger partial charge in [-0.25, -0.2) is 0 Å². The van der Waals surface area contributed by atoms with Gasteiger partial charge in [0.2, 0.25) is 0 Å². The molecule has 19 heavy (non-hydrogen) atoms. The van der Waals surface area contributed by atoms with Crippen molar-refractivity contribution in [3.8, 4) is 17.2 Å². The molecule has 102 valence electrons. The normalized spacial score (nSPS) is 9.58. The molecule has 0 unspecified atom stereocenters. The van der Waals surface area contributed by atoms with Gasteiger partial charge in [0.1, 0.15) is 17.2 Å². The molecule has 0 fully saturated rings. The molecule has 0 bridgehead atoms. The molecule has 0 saturated carbocycles. The molecule has 0 aromatic heterocycles. The van der Waals surface area contributed by atoms with Crippen LogP contribution in [0.25, 0.3) is 0 Å². The lowest BCUT2D eigenvalue weighted by Gasteiger charge is -2.07. The van der Waals surface area contributed by atoms with Gasteiger partial charge in [-0.15, -0.1) is 12.4 Å². The number of halogens is 1. The number of hydrogen-bond donors (Lipinski definition) is 1. The van der Waals surface area contributed by atoms with Crippen LogP contribution in [0.1, 0.15) is 5.56 Å². The van der Waals surface area contributed by atoms with Crippen molar-refractivity contribution in [1.82, 2.24) is 0 Å². The van der Waals surface area contributed by atoms with E-state index in [9.17, 15) is 0 Å². The van der Waals surface area contributed by atoms with E-state index in [1.54, 1.807) is 7.11 Å². The van der Waals surface area contributed by atoms with E-state index in [0.717, 1.165) is 23.7 Å². The summed E-state index contributed by atoms with van der Waals surface area (Å²) < 4.78 is 10.8. The van der Waals surface area contributed by atoms with Crippen LogP contribution in [0.5, 0.6) is 17.2 Å². The zero-order valence-corrected chi connectivity index (χ0v) is 11.7. The van der Waals surface area contributed by atoms with E-state index in [2.05, 4.69) is 0 Å². The summed E-state index contributed by atoms with van der Waals surface area (Å²) in [5, 5.41) is 0. The third kappa shape index (κ3) is 4.47. The molecule has 0 atom stereocenters. The summed E-state index contributed by atoms with van der Waals surface area (Å²) >= 11 is 0. The molecular weight excluding hydrogens is 262 g/mol. The maximum Gasteiger partial charge on any atom is 0.127 e. The van der Waals surface area contributed by atoms with Crippen molar-refractivity contribution in [1.29, 1.82) is 0 Å². The number of rotatable bonds is 5. The fourth-order valence-electron chi connectivity index (χ4n) is 1.67. The summed E-state index contributed by atoms with van der Waals surface area (Å²) in [5.41, 5.74) is 6.73. The summed E-state index contributed by atoms with van der Waals surface area (Å²) in [5.74, 6) is 2.43. The lowest BCUT2D eigenvalue weighted by Crippen LogP contribution is -2.02. The SMILES string of the molecule is COc1ccc(Oc2ccc(CCN)cc2)cc1.Cl. The van der Waals surface area contributed by atoms with E-state index in [0.29, 0.717) is 6.54 Å². The first-order chi connectivity index (χ1) is 8.81. The smallest absolute Gasteiger partial charge is 0.127 e. The van der Waals surface area contributed by atoms with Crippen molar-refractivity contribution >= 4 is 12.4 Å². The summed E-state index contributed by atoms with van der Waals surface area (Å²) in [6.07, 6.45) is 0.892. The molecule has 0 spiro atoms. The van der Waals surface area contributed by atoms with Gasteiger partial charge in [0.25, 0.3) is 0 Å². The third-order valence-corrected chi connectivity index (χ3v) is 2.65. The lowest BCUT2D eigenvalue weighted by molar-refractivity contribution is 0.413. The molecular formula is C15H18ClNO2. The number of methoxy groups -OCH3 is 1. The van der Waals surface area contributed by atoms with Crippen LogP contribution in [0.15, 0.2) is 48.5 Å². The first kappa shape index (κ1) is 15.3. The highest BCUT2D eigenvalue weighted by atomic mass is 35.5. The van der Waals surface area contributed by atoms with E-state index in [1.807, 2.05) is 48.5 Å². The fraction of sp³-hybridized carbons (Fsp3) is 0.200. The molecule has 4 heteroatoms. The fourth-order valence-corrected chi connectivity index (χ4v) is 1.67.